The summed E-state index contributed by atoms with van der Waals surface area (Å²) < 4.78 is 0. The van der Waals surface area contributed by atoms with Crippen molar-refractivity contribution in [2.75, 3.05) is 19.0 Å². The van der Waals surface area contributed by atoms with Crippen LogP contribution < -0.4 is 10.2 Å². The summed E-state index contributed by atoms with van der Waals surface area (Å²) in [4.78, 5) is 2.29. The molecule has 2 heteroatoms. The van der Waals surface area contributed by atoms with Gasteiger partial charge < -0.3 is 10.2 Å². The highest BCUT2D eigenvalue weighted by Crippen LogP contribution is 2.17. The Balaban J connectivity index is 2.06. The zero-order chi connectivity index (χ0) is 14.4. The van der Waals surface area contributed by atoms with Crippen LogP contribution in [-0.4, -0.2) is 14.1 Å². The lowest BCUT2D eigenvalue weighted by atomic mass is 10.1. The highest BCUT2D eigenvalue weighted by molar-refractivity contribution is 5.47. The minimum absolute atomic E-state index is 0.919. The smallest absolute Gasteiger partial charge is 0.0426 e. The van der Waals surface area contributed by atoms with Crippen LogP contribution in [0.2, 0.25) is 0 Å². The summed E-state index contributed by atoms with van der Waals surface area (Å²) in [6, 6.07) is 17.6. The van der Waals surface area contributed by atoms with Crippen LogP contribution in [0.25, 0.3) is 0 Å². The second-order valence-electron chi connectivity index (χ2n) is 5.23. The van der Waals surface area contributed by atoms with Gasteiger partial charge in [-0.1, -0.05) is 43.3 Å². The van der Waals surface area contributed by atoms with Gasteiger partial charge in [-0.2, -0.15) is 0 Å². The lowest BCUT2D eigenvalue weighted by Crippen LogP contribution is -2.16. The van der Waals surface area contributed by atoms with Crippen molar-refractivity contribution in [2.24, 2.45) is 0 Å². The Bertz CT molecular complexity index is 531. The zero-order valence-electron chi connectivity index (χ0n) is 12.7. The molecular weight excluding hydrogens is 244 g/mol. The fourth-order valence-electron chi connectivity index (χ4n) is 2.39. The molecule has 0 spiro atoms. The molecule has 2 nitrogen and oxygen atoms in total. The Morgan fingerprint density at radius 3 is 2.30 bits per heavy atom. The number of nitrogens with one attached hydrogen (secondary N) is 1. The van der Waals surface area contributed by atoms with E-state index < -0.39 is 0 Å². The van der Waals surface area contributed by atoms with E-state index in [1.54, 1.807) is 0 Å². The lowest BCUT2D eigenvalue weighted by molar-refractivity contribution is 0.813. The van der Waals surface area contributed by atoms with Crippen LogP contribution in [-0.2, 0) is 19.5 Å². The van der Waals surface area contributed by atoms with Crippen LogP contribution in [0, 0.1) is 0 Å². The molecular formula is C18H24N2. The highest BCUT2D eigenvalue weighted by Gasteiger charge is 2.03. The number of nitrogens with zero attached hydrogens (tertiary/aromatic N) is 1. The molecule has 0 fully saturated rings. The van der Waals surface area contributed by atoms with Gasteiger partial charge in [0.2, 0.25) is 0 Å². The molecule has 2 aromatic carbocycles. The van der Waals surface area contributed by atoms with E-state index in [1.165, 1.54) is 22.4 Å². The molecule has 0 bridgehead atoms. The largest absolute Gasteiger partial charge is 0.370 e. The third kappa shape index (κ3) is 3.84. The molecule has 2 rings (SSSR count). The molecule has 0 aliphatic carbocycles. The summed E-state index contributed by atoms with van der Waals surface area (Å²) in [5.74, 6) is 0. The van der Waals surface area contributed by atoms with Crippen molar-refractivity contribution in [3.63, 3.8) is 0 Å². The topological polar surface area (TPSA) is 15.3 Å². The number of aryl methyl sites for hydroxylation is 1. The van der Waals surface area contributed by atoms with E-state index in [0.717, 1.165) is 19.5 Å². The average Bonchev–Trinajstić information content (AvgIpc) is 2.48. The van der Waals surface area contributed by atoms with Crippen molar-refractivity contribution in [3.8, 4) is 0 Å². The molecule has 0 amide bonds. The Kier molecular flexibility index (Phi) is 5.19. The molecule has 0 atom stereocenters. The summed E-state index contributed by atoms with van der Waals surface area (Å²) in [6.45, 7) is 4.04. The van der Waals surface area contributed by atoms with Crippen molar-refractivity contribution in [1.29, 1.82) is 0 Å². The quantitative estimate of drug-likeness (QED) is 0.861. The van der Waals surface area contributed by atoms with Crippen LogP contribution in [0.3, 0.4) is 0 Å². The first-order chi connectivity index (χ1) is 9.72. The Morgan fingerprint density at radius 2 is 1.65 bits per heavy atom. The second kappa shape index (κ2) is 7.11. The summed E-state index contributed by atoms with van der Waals surface area (Å²) in [5.41, 5.74) is 5.33. The molecule has 0 aliphatic heterocycles. The molecule has 0 heterocycles. The fraction of sp³-hybridized carbons (Fsp3) is 0.333. The van der Waals surface area contributed by atoms with E-state index in [4.69, 9.17) is 0 Å². The molecule has 1 N–H and O–H groups in total. The first-order valence-electron chi connectivity index (χ1n) is 7.25. The number of benzene rings is 2. The van der Waals surface area contributed by atoms with Crippen molar-refractivity contribution >= 4 is 5.69 Å². The minimum Gasteiger partial charge on any atom is -0.370 e. The van der Waals surface area contributed by atoms with E-state index in [0.29, 0.717) is 0 Å². The number of rotatable bonds is 6. The van der Waals surface area contributed by atoms with Crippen molar-refractivity contribution in [1.82, 2.24) is 5.32 Å². The Labute approximate surface area is 122 Å². The maximum Gasteiger partial charge on any atom is 0.0426 e. The number of hydrogen-bond donors (Lipinski definition) is 1. The van der Waals surface area contributed by atoms with Crippen LogP contribution in [0.4, 0.5) is 5.69 Å². The second-order valence-corrected chi connectivity index (χ2v) is 5.23. The molecule has 20 heavy (non-hydrogen) atoms. The van der Waals surface area contributed by atoms with Gasteiger partial charge in [0.15, 0.2) is 0 Å². The fourth-order valence-corrected chi connectivity index (χ4v) is 2.39. The SMILES string of the molecule is CCc1ccc(N(C)Cc2cccc(CNC)c2)cc1. The predicted molar refractivity (Wildman–Crippen MR) is 87.1 cm³/mol. The summed E-state index contributed by atoms with van der Waals surface area (Å²) >= 11 is 0. The van der Waals surface area contributed by atoms with Crippen molar-refractivity contribution in [2.45, 2.75) is 26.4 Å². The van der Waals surface area contributed by atoms with E-state index in [1.807, 2.05) is 7.05 Å². The normalized spacial score (nSPS) is 10.6. The van der Waals surface area contributed by atoms with Crippen LogP contribution in [0.1, 0.15) is 23.6 Å². The van der Waals surface area contributed by atoms with Gasteiger partial charge in [0, 0.05) is 25.8 Å². The molecule has 0 saturated carbocycles. The van der Waals surface area contributed by atoms with Gasteiger partial charge in [-0.15, -0.1) is 0 Å². The van der Waals surface area contributed by atoms with Gasteiger partial charge in [-0.25, -0.2) is 0 Å². The van der Waals surface area contributed by atoms with E-state index in [9.17, 15) is 0 Å². The van der Waals surface area contributed by atoms with Gasteiger partial charge in [-0.05, 0) is 42.3 Å². The van der Waals surface area contributed by atoms with Gasteiger partial charge in [0.05, 0.1) is 0 Å². The summed E-state index contributed by atoms with van der Waals surface area (Å²) in [6.07, 6.45) is 1.09. The standard InChI is InChI=1S/C18H24N2/c1-4-15-8-10-18(11-9-15)20(3)14-17-7-5-6-16(12-17)13-19-2/h5-12,19H,4,13-14H2,1-3H3. The number of hydrogen-bond acceptors (Lipinski definition) is 2. The van der Waals surface area contributed by atoms with Crippen LogP contribution in [0.5, 0.6) is 0 Å². The van der Waals surface area contributed by atoms with Crippen LogP contribution >= 0.6 is 0 Å². The molecule has 2 aromatic rings. The Morgan fingerprint density at radius 1 is 0.950 bits per heavy atom. The van der Waals surface area contributed by atoms with Gasteiger partial charge in [0.1, 0.15) is 0 Å². The third-order valence-electron chi connectivity index (χ3n) is 3.58. The first kappa shape index (κ1) is 14.6. The molecule has 0 unspecified atom stereocenters. The summed E-state index contributed by atoms with van der Waals surface area (Å²) in [7, 11) is 4.12. The number of anilines is 1. The maximum atomic E-state index is 3.20. The molecule has 0 radical (unpaired) electrons. The molecule has 0 aromatic heterocycles. The first-order valence-corrected chi connectivity index (χ1v) is 7.25. The van der Waals surface area contributed by atoms with E-state index in [2.05, 4.69) is 72.7 Å². The molecule has 106 valence electrons. The zero-order valence-corrected chi connectivity index (χ0v) is 12.7. The predicted octanol–water partition coefficient (Wildman–Crippen LogP) is 3.60. The molecule has 0 saturated heterocycles. The van der Waals surface area contributed by atoms with E-state index in [-0.39, 0.29) is 0 Å². The highest BCUT2D eigenvalue weighted by atomic mass is 15.1. The van der Waals surface area contributed by atoms with Gasteiger partial charge in [0.25, 0.3) is 0 Å². The monoisotopic (exact) mass is 268 g/mol. The maximum absolute atomic E-state index is 3.20. The average molecular weight is 268 g/mol. The van der Waals surface area contributed by atoms with Crippen molar-refractivity contribution < 1.29 is 0 Å². The van der Waals surface area contributed by atoms with Crippen LogP contribution in [0.15, 0.2) is 48.5 Å². The van der Waals surface area contributed by atoms with Gasteiger partial charge in [-0.3, -0.25) is 0 Å². The van der Waals surface area contributed by atoms with Crippen molar-refractivity contribution in [3.05, 3.63) is 65.2 Å². The van der Waals surface area contributed by atoms with E-state index >= 15 is 0 Å². The molecule has 0 aliphatic rings. The Hall–Kier alpha value is -1.80. The lowest BCUT2D eigenvalue weighted by Gasteiger charge is -2.20. The minimum atomic E-state index is 0.919. The van der Waals surface area contributed by atoms with Gasteiger partial charge >= 0.3 is 0 Å². The third-order valence-corrected chi connectivity index (χ3v) is 3.58. The summed E-state index contributed by atoms with van der Waals surface area (Å²) in [5, 5.41) is 3.20.